The molecule has 0 saturated carbocycles. The van der Waals surface area contributed by atoms with Crippen LogP contribution in [0.5, 0.6) is 0 Å². The summed E-state index contributed by atoms with van der Waals surface area (Å²) in [5.41, 5.74) is 2.68. The summed E-state index contributed by atoms with van der Waals surface area (Å²) >= 11 is 0. The number of likely N-dealkylation sites (tertiary alicyclic amines) is 1. The zero-order valence-corrected chi connectivity index (χ0v) is 16.7. The fraction of sp³-hybridized carbons (Fsp3) is 0.429. The average molecular weight is 395 g/mol. The van der Waals surface area contributed by atoms with E-state index in [0.717, 1.165) is 48.2 Å². The molecule has 0 spiro atoms. The molecule has 0 aliphatic carbocycles. The summed E-state index contributed by atoms with van der Waals surface area (Å²) in [6.45, 7) is 3.78. The molecule has 29 heavy (non-hydrogen) atoms. The molecule has 0 bridgehead atoms. The van der Waals surface area contributed by atoms with Crippen molar-refractivity contribution in [2.24, 2.45) is 0 Å². The highest BCUT2D eigenvalue weighted by atomic mass is 16.5. The first-order valence-electron chi connectivity index (χ1n) is 9.85. The first-order chi connectivity index (χ1) is 14.1. The summed E-state index contributed by atoms with van der Waals surface area (Å²) in [4.78, 5) is 22.9. The van der Waals surface area contributed by atoms with Crippen LogP contribution in [0.25, 0.3) is 10.9 Å². The van der Waals surface area contributed by atoms with Crippen molar-refractivity contribution in [2.45, 2.75) is 38.8 Å². The van der Waals surface area contributed by atoms with E-state index in [4.69, 9.17) is 14.2 Å². The molecule has 8 heteroatoms. The third-order valence-electron chi connectivity index (χ3n) is 5.09. The Hall–Kier alpha value is -2.84. The molecule has 1 amide bonds. The predicted molar refractivity (Wildman–Crippen MR) is 108 cm³/mol. The quantitative estimate of drug-likeness (QED) is 0.657. The zero-order chi connectivity index (χ0) is 20.2. The number of amides is 1. The van der Waals surface area contributed by atoms with E-state index >= 15 is 0 Å². The maximum atomic E-state index is 11.2. The highest BCUT2D eigenvalue weighted by Crippen LogP contribution is 2.32. The number of methoxy groups -OCH3 is 1. The van der Waals surface area contributed by atoms with E-state index in [0.29, 0.717) is 24.7 Å². The standard InChI is InChI=1S/C21H25N5O3/c1-14(27)22-16-7-8-18-15(12-16)5-6-17(23-18)13-26-10-3-4-19(26)21-24-20(25-29-21)9-11-28-2/h5-8,12,19H,3-4,9-11,13H2,1-2H3,(H,22,27)/t19-/m0/s1. The van der Waals surface area contributed by atoms with Gasteiger partial charge in [-0.3, -0.25) is 14.7 Å². The van der Waals surface area contributed by atoms with Crippen LogP contribution in [0.2, 0.25) is 0 Å². The van der Waals surface area contributed by atoms with Crippen molar-refractivity contribution in [2.75, 3.05) is 25.6 Å². The zero-order valence-electron chi connectivity index (χ0n) is 16.7. The van der Waals surface area contributed by atoms with Crippen LogP contribution >= 0.6 is 0 Å². The second kappa shape index (κ2) is 8.67. The Kier molecular flexibility index (Phi) is 5.82. The molecule has 1 N–H and O–H groups in total. The Balaban J connectivity index is 1.48. The summed E-state index contributed by atoms with van der Waals surface area (Å²) in [5, 5.41) is 7.87. The SMILES string of the molecule is COCCc1noc([C@@H]2CCCN2Cc2ccc3cc(NC(C)=O)ccc3n2)n1. The van der Waals surface area contributed by atoms with Gasteiger partial charge < -0.3 is 14.6 Å². The van der Waals surface area contributed by atoms with Crippen molar-refractivity contribution in [3.8, 4) is 0 Å². The number of pyridine rings is 1. The summed E-state index contributed by atoms with van der Waals surface area (Å²) in [6, 6.07) is 9.95. The van der Waals surface area contributed by atoms with E-state index in [1.54, 1.807) is 7.11 Å². The number of nitrogens with one attached hydrogen (secondary N) is 1. The van der Waals surface area contributed by atoms with Crippen molar-refractivity contribution >= 4 is 22.5 Å². The molecular formula is C21H25N5O3. The van der Waals surface area contributed by atoms with E-state index in [9.17, 15) is 4.79 Å². The molecular weight excluding hydrogens is 370 g/mol. The van der Waals surface area contributed by atoms with Crippen LogP contribution in [0.4, 0.5) is 5.69 Å². The van der Waals surface area contributed by atoms with Crippen LogP contribution < -0.4 is 5.32 Å². The number of benzene rings is 1. The molecule has 3 aromatic rings. The summed E-state index contributed by atoms with van der Waals surface area (Å²) in [6.07, 6.45) is 2.74. The van der Waals surface area contributed by atoms with Gasteiger partial charge in [0.15, 0.2) is 5.82 Å². The molecule has 1 aliphatic heterocycles. The Morgan fingerprint density at radius 1 is 1.31 bits per heavy atom. The number of ether oxygens (including phenoxy) is 1. The van der Waals surface area contributed by atoms with Gasteiger partial charge in [0.2, 0.25) is 11.8 Å². The number of aromatic nitrogens is 3. The normalized spacial score (nSPS) is 17.1. The fourth-order valence-electron chi connectivity index (χ4n) is 3.74. The van der Waals surface area contributed by atoms with E-state index in [-0.39, 0.29) is 11.9 Å². The highest BCUT2D eigenvalue weighted by molar-refractivity contribution is 5.92. The number of hydrogen-bond donors (Lipinski definition) is 1. The molecule has 0 unspecified atom stereocenters. The van der Waals surface area contributed by atoms with Gasteiger partial charge in [0, 0.05) is 38.1 Å². The molecule has 0 radical (unpaired) electrons. The molecule has 2 aromatic heterocycles. The number of hydrogen-bond acceptors (Lipinski definition) is 7. The maximum Gasteiger partial charge on any atom is 0.244 e. The van der Waals surface area contributed by atoms with Crippen molar-refractivity contribution in [1.82, 2.24) is 20.0 Å². The second-order valence-corrected chi connectivity index (χ2v) is 7.31. The van der Waals surface area contributed by atoms with Crippen molar-refractivity contribution in [3.05, 3.63) is 47.7 Å². The van der Waals surface area contributed by atoms with Crippen LogP contribution in [0.1, 0.15) is 43.2 Å². The van der Waals surface area contributed by atoms with Gasteiger partial charge in [-0.05, 0) is 43.7 Å². The van der Waals surface area contributed by atoms with Gasteiger partial charge >= 0.3 is 0 Å². The van der Waals surface area contributed by atoms with E-state index in [2.05, 4.69) is 20.4 Å². The van der Waals surface area contributed by atoms with Gasteiger partial charge in [-0.25, -0.2) is 0 Å². The summed E-state index contributed by atoms with van der Waals surface area (Å²) in [5.74, 6) is 1.28. The molecule has 8 nitrogen and oxygen atoms in total. The minimum absolute atomic E-state index is 0.0830. The number of rotatable bonds is 7. The summed E-state index contributed by atoms with van der Waals surface area (Å²) in [7, 11) is 1.66. The molecule has 1 aliphatic rings. The van der Waals surface area contributed by atoms with E-state index in [1.807, 2.05) is 30.3 Å². The lowest BCUT2D eigenvalue weighted by Crippen LogP contribution is -2.23. The lowest BCUT2D eigenvalue weighted by molar-refractivity contribution is -0.114. The Bertz CT molecular complexity index is 1000. The van der Waals surface area contributed by atoms with Gasteiger partial charge in [-0.15, -0.1) is 0 Å². The smallest absolute Gasteiger partial charge is 0.244 e. The third kappa shape index (κ3) is 4.60. The number of carbonyl (C=O) groups is 1. The van der Waals surface area contributed by atoms with Gasteiger partial charge in [0.25, 0.3) is 0 Å². The second-order valence-electron chi connectivity index (χ2n) is 7.31. The first-order valence-corrected chi connectivity index (χ1v) is 9.85. The summed E-state index contributed by atoms with van der Waals surface area (Å²) < 4.78 is 10.6. The number of nitrogens with zero attached hydrogens (tertiary/aromatic N) is 4. The van der Waals surface area contributed by atoms with Crippen LogP contribution in [-0.2, 0) is 22.5 Å². The van der Waals surface area contributed by atoms with E-state index < -0.39 is 0 Å². The van der Waals surface area contributed by atoms with Gasteiger partial charge in [0.1, 0.15) is 0 Å². The molecule has 1 atom stereocenters. The van der Waals surface area contributed by atoms with E-state index in [1.165, 1.54) is 6.92 Å². The maximum absolute atomic E-state index is 11.2. The van der Waals surface area contributed by atoms with Gasteiger partial charge in [-0.1, -0.05) is 11.2 Å². The van der Waals surface area contributed by atoms with Crippen LogP contribution in [-0.4, -0.2) is 46.2 Å². The third-order valence-corrected chi connectivity index (χ3v) is 5.09. The Labute approximate surface area is 169 Å². The molecule has 4 rings (SSSR count). The highest BCUT2D eigenvalue weighted by Gasteiger charge is 2.30. The fourth-order valence-corrected chi connectivity index (χ4v) is 3.74. The largest absolute Gasteiger partial charge is 0.384 e. The average Bonchev–Trinajstić information content (AvgIpc) is 3.35. The number of fused-ring (bicyclic) bond motifs is 1. The Morgan fingerprint density at radius 2 is 2.21 bits per heavy atom. The minimum atomic E-state index is -0.0830. The molecule has 3 heterocycles. The molecule has 1 saturated heterocycles. The number of carbonyl (C=O) groups excluding carboxylic acids is 1. The van der Waals surface area contributed by atoms with Crippen molar-refractivity contribution in [3.63, 3.8) is 0 Å². The number of anilines is 1. The lowest BCUT2D eigenvalue weighted by Gasteiger charge is -2.21. The van der Waals surface area contributed by atoms with Gasteiger partial charge in [-0.2, -0.15) is 4.98 Å². The monoisotopic (exact) mass is 395 g/mol. The minimum Gasteiger partial charge on any atom is -0.384 e. The molecule has 1 fully saturated rings. The predicted octanol–water partition coefficient (Wildman–Crippen LogP) is 3.10. The van der Waals surface area contributed by atoms with Crippen molar-refractivity contribution < 1.29 is 14.1 Å². The van der Waals surface area contributed by atoms with Crippen LogP contribution in [0.15, 0.2) is 34.9 Å². The van der Waals surface area contributed by atoms with Crippen LogP contribution in [0.3, 0.4) is 0 Å². The topological polar surface area (TPSA) is 93.4 Å². The Morgan fingerprint density at radius 3 is 3.03 bits per heavy atom. The molecule has 152 valence electrons. The van der Waals surface area contributed by atoms with Gasteiger partial charge in [0.05, 0.1) is 23.9 Å². The van der Waals surface area contributed by atoms with Crippen molar-refractivity contribution in [1.29, 1.82) is 0 Å². The first kappa shape index (κ1) is 19.5. The van der Waals surface area contributed by atoms with Crippen LogP contribution in [0, 0.1) is 0 Å². The molecule has 1 aromatic carbocycles. The lowest BCUT2D eigenvalue weighted by atomic mass is 10.1.